The van der Waals surface area contributed by atoms with Gasteiger partial charge in [-0.1, -0.05) is 17.7 Å². The number of carbonyl (C=O) groups excluding carboxylic acids is 1. The summed E-state index contributed by atoms with van der Waals surface area (Å²) in [5.41, 5.74) is 6.59. The van der Waals surface area contributed by atoms with E-state index in [1.807, 2.05) is 30.9 Å². The van der Waals surface area contributed by atoms with Crippen molar-refractivity contribution >= 4 is 23.3 Å². The van der Waals surface area contributed by atoms with E-state index in [9.17, 15) is 4.79 Å². The van der Waals surface area contributed by atoms with Crippen LogP contribution in [0.15, 0.2) is 36.7 Å². The minimum Gasteiger partial charge on any atom is -0.419 e. The van der Waals surface area contributed by atoms with Crippen LogP contribution in [0.4, 0.5) is 17.3 Å². The summed E-state index contributed by atoms with van der Waals surface area (Å²) in [4.78, 5) is 24.0. The van der Waals surface area contributed by atoms with Crippen molar-refractivity contribution in [3.63, 3.8) is 0 Å². The van der Waals surface area contributed by atoms with Gasteiger partial charge in [0.1, 0.15) is 5.56 Å². The number of anilines is 3. The van der Waals surface area contributed by atoms with E-state index in [1.165, 1.54) is 5.56 Å². The second-order valence-corrected chi connectivity index (χ2v) is 7.19. The van der Waals surface area contributed by atoms with Crippen LogP contribution < -0.4 is 9.64 Å². The number of esters is 1. The molecular weight excluding hydrogens is 338 g/mol. The number of carbonyl (C=O) groups is 1. The van der Waals surface area contributed by atoms with Crippen molar-refractivity contribution < 1.29 is 9.53 Å². The minimum absolute atomic E-state index is 0.417. The highest BCUT2D eigenvalue weighted by Crippen LogP contribution is 2.44. The average Bonchev–Trinajstić information content (AvgIpc) is 2.69. The predicted molar refractivity (Wildman–Crippen MR) is 105 cm³/mol. The summed E-state index contributed by atoms with van der Waals surface area (Å²) in [6.07, 6.45) is 3.54. The maximum atomic E-state index is 12.8. The normalized spacial score (nSPS) is 12.9. The first-order valence-electron chi connectivity index (χ1n) is 8.88. The fourth-order valence-electron chi connectivity index (χ4n) is 3.66. The zero-order valence-electron chi connectivity index (χ0n) is 16.1. The standard InChI is InChI=1S/C22H21N3O2/c1-12-6-15(4)19(16(5)7-12)25-20-17(8-13(2)10-23-20)22(26)27-18-9-14(3)11-24-21(18)25/h6-11H,1-5H3. The number of hydrogen-bond acceptors (Lipinski definition) is 5. The first-order chi connectivity index (χ1) is 12.8. The summed E-state index contributed by atoms with van der Waals surface area (Å²) < 4.78 is 5.69. The lowest BCUT2D eigenvalue weighted by atomic mass is 10.0. The van der Waals surface area contributed by atoms with Crippen molar-refractivity contribution in [2.24, 2.45) is 0 Å². The highest BCUT2D eigenvalue weighted by Gasteiger charge is 2.32. The molecule has 0 spiro atoms. The van der Waals surface area contributed by atoms with Gasteiger partial charge in [0.25, 0.3) is 0 Å². The summed E-state index contributed by atoms with van der Waals surface area (Å²) in [6, 6.07) is 7.90. The van der Waals surface area contributed by atoms with E-state index in [2.05, 4.69) is 42.9 Å². The number of benzene rings is 1. The van der Waals surface area contributed by atoms with Gasteiger partial charge in [0, 0.05) is 12.4 Å². The minimum atomic E-state index is -0.417. The molecule has 5 heteroatoms. The largest absolute Gasteiger partial charge is 0.419 e. The number of pyridine rings is 2. The van der Waals surface area contributed by atoms with Crippen molar-refractivity contribution in [3.05, 3.63) is 70.0 Å². The smallest absolute Gasteiger partial charge is 0.347 e. The number of aryl methyl sites for hydroxylation is 5. The fraction of sp³-hybridized carbons (Fsp3) is 0.227. The number of rotatable bonds is 1. The Bertz CT molecular complexity index is 1070. The van der Waals surface area contributed by atoms with Crippen molar-refractivity contribution in [1.82, 2.24) is 9.97 Å². The van der Waals surface area contributed by atoms with E-state index < -0.39 is 5.97 Å². The molecule has 0 radical (unpaired) electrons. The van der Waals surface area contributed by atoms with Crippen LogP contribution in [0.5, 0.6) is 5.75 Å². The molecule has 27 heavy (non-hydrogen) atoms. The van der Waals surface area contributed by atoms with Gasteiger partial charge in [-0.15, -0.1) is 0 Å². The third-order valence-corrected chi connectivity index (χ3v) is 4.68. The molecule has 0 N–H and O–H groups in total. The van der Waals surface area contributed by atoms with Gasteiger partial charge in [-0.2, -0.15) is 0 Å². The molecule has 2 aromatic heterocycles. The Kier molecular flexibility index (Phi) is 3.95. The highest BCUT2D eigenvalue weighted by molar-refractivity contribution is 6.01. The van der Waals surface area contributed by atoms with Gasteiger partial charge in [0.2, 0.25) is 0 Å². The van der Waals surface area contributed by atoms with E-state index in [1.54, 1.807) is 12.4 Å². The summed E-state index contributed by atoms with van der Waals surface area (Å²) in [5, 5.41) is 0. The maximum Gasteiger partial charge on any atom is 0.347 e. The Morgan fingerprint density at radius 1 is 0.778 bits per heavy atom. The van der Waals surface area contributed by atoms with Crippen LogP contribution in [0.1, 0.15) is 38.2 Å². The number of nitrogens with zero attached hydrogens (tertiary/aromatic N) is 3. The fourth-order valence-corrected chi connectivity index (χ4v) is 3.66. The average molecular weight is 359 g/mol. The van der Waals surface area contributed by atoms with E-state index in [0.717, 1.165) is 27.9 Å². The lowest BCUT2D eigenvalue weighted by Crippen LogP contribution is -2.17. The molecule has 0 amide bonds. The summed E-state index contributed by atoms with van der Waals surface area (Å²) >= 11 is 0. The SMILES string of the molecule is Cc1cc(C)c(N2c3ncc(C)cc3OC(=O)c3cc(C)cnc32)c(C)c1. The Morgan fingerprint density at radius 2 is 1.37 bits per heavy atom. The maximum absolute atomic E-state index is 12.8. The van der Waals surface area contributed by atoms with Crippen LogP contribution >= 0.6 is 0 Å². The number of ether oxygens (including phenoxy) is 1. The third-order valence-electron chi connectivity index (χ3n) is 4.68. The Balaban J connectivity index is 2.09. The molecule has 3 aromatic rings. The van der Waals surface area contributed by atoms with Crippen molar-refractivity contribution in [3.8, 4) is 5.75 Å². The van der Waals surface area contributed by atoms with E-state index in [0.29, 0.717) is 22.9 Å². The van der Waals surface area contributed by atoms with Gasteiger partial charge >= 0.3 is 5.97 Å². The molecule has 0 bridgehead atoms. The zero-order chi connectivity index (χ0) is 19.3. The lowest BCUT2D eigenvalue weighted by molar-refractivity contribution is 0.0738. The number of hydrogen-bond donors (Lipinski definition) is 0. The molecule has 0 unspecified atom stereocenters. The molecule has 0 saturated carbocycles. The van der Waals surface area contributed by atoms with Crippen molar-refractivity contribution in [2.45, 2.75) is 34.6 Å². The van der Waals surface area contributed by atoms with Gasteiger partial charge in [0.15, 0.2) is 17.4 Å². The molecule has 1 aromatic carbocycles. The molecule has 0 atom stereocenters. The molecule has 1 aliphatic heterocycles. The molecule has 4 rings (SSSR count). The first kappa shape index (κ1) is 17.2. The van der Waals surface area contributed by atoms with E-state index >= 15 is 0 Å². The van der Waals surface area contributed by atoms with Crippen LogP contribution in [0, 0.1) is 34.6 Å². The molecular formula is C22H21N3O2. The predicted octanol–water partition coefficient (Wildman–Crippen LogP) is 5.02. The van der Waals surface area contributed by atoms with Crippen LogP contribution in [-0.2, 0) is 0 Å². The van der Waals surface area contributed by atoms with Crippen LogP contribution in [-0.4, -0.2) is 15.9 Å². The van der Waals surface area contributed by atoms with E-state index in [4.69, 9.17) is 4.74 Å². The van der Waals surface area contributed by atoms with Crippen LogP contribution in [0.2, 0.25) is 0 Å². The summed E-state index contributed by atoms with van der Waals surface area (Å²) in [6.45, 7) is 10.0. The topological polar surface area (TPSA) is 55.3 Å². The molecule has 0 aliphatic carbocycles. The Hall–Kier alpha value is -3.21. The molecule has 3 heterocycles. The first-order valence-corrected chi connectivity index (χ1v) is 8.88. The summed E-state index contributed by atoms with van der Waals surface area (Å²) in [7, 11) is 0. The Morgan fingerprint density at radius 3 is 2.04 bits per heavy atom. The highest BCUT2D eigenvalue weighted by atomic mass is 16.5. The van der Waals surface area contributed by atoms with Gasteiger partial charge in [-0.05, 0) is 69.0 Å². The molecule has 0 saturated heterocycles. The van der Waals surface area contributed by atoms with Crippen LogP contribution in [0.25, 0.3) is 0 Å². The summed E-state index contributed by atoms with van der Waals surface area (Å²) in [5.74, 6) is 1.13. The molecule has 5 nitrogen and oxygen atoms in total. The van der Waals surface area contributed by atoms with Gasteiger partial charge in [-0.25, -0.2) is 14.8 Å². The third kappa shape index (κ3) is 2.85. The van der Waals surface area contributed by atoms with Crippen molar-refractivity contribution in [2.75, 3.05) is 4.90 Å². The van der Waals surface area contributed by atoms with Gasteiger partial charge in [0.05, 0.1) is 5.69 Å². The Labute approximate surface area is 158 Å². The molecule has 0 fully saturated rings. The molecule has 1 aliphatic rings. The lowest BCUT2D eigenvalue weighted by Gasteiger charge is -2.27. The van der Waals surface area contributed by atoms with Crippen LogP contribution in [0.3, 0.4) is 0 Å². The quantitative estimate of drug-likeness (QED) is 0.571. The van der Waals surface area contributed by atoms with E-state index in [-0.39, 0.29) is 0 Å². The van der Waals surface area contributed by atoms with Gasteiger partial charge < -0.3 is 4.74 Å². The number of aromatic nitrogens is 2. The second-order valence-electron chi connectivity index (χ2n) is 7.19. The van der Waals surface area contributed by atoms with Crippen molar-refractivity contribution in [1.29, 1.82) is 0 Å². The monoisotopic (exact) mass is 359 g/mol. The van der Waals surface area contributed by atoms with Gasteiger partial charge in [-0.3, -0.25) is 4.90 Å². The second kappa shape index (κ2) is 6.20. The number of fused-ring (bicyclic) bond motifs is 2. The molecule has 136 valence electrons. The zero-order valence-corrected chi connectivity index (χ0v) is 16.1.